The van der Waals surface area contributed by atoms with Crippen molar-refractivity contribution < 1.29 is 0 Å². The number of fused-ring (bicyclic) bond motifs is 1. The van der Waals surface area contributed by atoms with Crippen molar-refractivity contribution >= 4 is 0 Å². The van der Waals surface area contributed by atoms with Gasteiger partial charge in [0.1, 0.15) is 0 Å². The predicted octanol–water partition coefficient (Wildman–Crippen LogP) is 3.86. The monoisotopic (exact) mass is 266 g/mol. The van der Waals surface area contributed by atoms with E-state index in [1.165, 1.54) is 22.5 Å². The molecule has 2 aromatic rings. The second-order valence-corrected chi connectivity index (χ2v) is 5.58. The fourth-order valence-electron chi connectivity index (χ4n) is 3.06. The largest absolute Gasteiger partial charge is 0.361 e. The summed E-state index contributed by atoms with van der Waals surface area (Å²) in [7, 11) is 0. The number of nitrogens with zero attached hydrogens (tertiary/aromatic N) is 1. The van der Waals surface area contributed by atoms with E-state index in [-0.39, 0.29) is 0 Å². The SMILES string of the molecule is C=C[C@H]1CN(Cc2ccccc2)Cc2cc(CC)[nH]c21. The molecule has 0 spiro atoms. The Bertz CT molecular complexity index is 583. The van der Waals surface area contributed by atoms with Gasteiger partial charge in [0.05, 0.1) is 0 Å². The highest BCUT2D eigenvalue weighted by Gasteiger charge is 2.25. The maximum absolute atomic E-state index is 4.01. The van der Waals surface area contributed by atoms with Crippen LogP contribution in [0.5, 0.6) is 0 Å². The third kappa shape index (κ3) is 2.56. The summed E-state index contributed by atoms with van der Waals surface area (Å²) in [6.07, 6.45) is 3.14. The fourth-order valence-corrected chi connectivity index (χ4v) is 3.06. The zero-order valence-corrected chi connectivity index (χ0v) is 12.1. The lowest BCUT2D eigenvalue weighted by Gasteiger charge is -2.31. The molecule has 1 N–H and O–H groups in total. The highest BCUT2D eigenvalue weighted by Crippen LogP contribution is 2.30. The van der Waals surface area contributed by atoms with Gasteiger partial charge >= 0.3 is 0 Å². The lowest BCUT2D eigenvalue weighted by Crippen LogP contribution is -2.32. The molecule has 0 amide bonds. The van der Waals surface area contributed by atoms with Crippen LogP contribution in [0, 0.1) is 0 Å². The highest BCUT2D eigenvalue weighted by atomic mass is 15.1. The molecule has 0 saturated heterocycles. The van der Waals surface area contributed by atoms with Crippen molar-refractivity contribution in [1.82, 2.24) is 9.88 Å². The van der Waals surface area contributed by atoms with Crippen LogP contribution in [0.4, 0.5) is 0 Å². The molecule has 2 heteroatoms. The van der Waals surface area contributed by atoms with Crippen molar-refractivity contribution in [2.45, 2.75) is 32.4 Å². The van der Waals surface area contributed by atoms with E-state index in [9.17, 15) is 0 Å². The lowest BCUT2D eigenvalue weighted by molar-refractivity contribution is 0.233. The molecule has 1 aromatic heterocycles. The quantitative estimate of drug-likeness (QED) is 0.833. The van der Waals surface area contributed by atoms with E-state index in [1.807, 2.05) is 0 Å². The van der Waals surface area contributed by atoms with Crippen LogP contribution < -0.4 is 0 Å². The lowest BCUT2D eigenvalue weighted by atomic mass is 9.96. The van der Waals surface area contributed by atoms with Crippen molar-refractivity contribution in [1.29, 1.82) is 0 Å². The Morgan fingerprint density at radius 3 is 2.85 bits per heavy atom. The number of H-pyrrole nitrogens is 1. The zero-order valence-electron chi connectivity index (χ0n) is 12.1. The van der Waals surface area contributed by atoms with E-state index in [1.54, 1.807) is 0 Å². The number of aromatic nitrogens is 1. The summed E-state index contributed by atoms with van der Waals surface area (Å²) >= 11 is 0. The number of benzene rings is 1. The number of aromatic amines is 1. The smallest absolute Gasteiger partial charge is 0.0298 e. The number of rotatable bonds is 4. The van der Waals surface area contributed by atoms with E-state index in [0.29, 0.717) is 5.92 Å². The number of nitrogens with one attached hydrogen (secondary N) is 1. The molecule has 2 heterocycles. The first-order valence-electron chi connectivity index (χ1n) is 7.39. The Balaban J connectivity index is 1.81. The Kier molecular flexibility index (Phi) is 3.75. The average Bonchev–Trinajstić information content (AvgIpc) is 2.90. The minimum Gasteiger partial charge on any atom is -0.361 e. The summed E-state index contributed by atoms with van der Waals surface area (Å²) in [6.45, 7) is 9.30. The van der Waals surface area contributed by atoms with Crippen LogP contribution in [0.25, 0.3) is 0 Å². The van der Waals surface area contributed by atoms with Crippen molar-refractivity contribution in [3.05, 3.63) is 71.6 Å². The molecule has 1 aliphatic rings. The number of hydrogen-bond acceptors (Lipinski definition) is 1. The molecule has 104 valence electrons. The topological polar surface area (TPSA) is 19.0 Å². The summed E-state index contributed by atoms with van der Waals surface area (Å²) in [4.78, 5) is 6.08. The Labute approximate surface area is 121 Å². The molecule has 0 aliphatic carbocycles. The van der Waals surface area contributed by atoms with Gasteiger partial charge in [0.15, 0.2) is 0 Å². The predicted molar refractivity (Wildman–Crippen MR) is 83.7 cm³/mol. The average molecular weight is 266 g/mol. The van der Waals surface area contributed by atoms with Gasteiger partial charge in [0.25, 0.3) is 0 Å². The molecule has 0 fully saturated rings. The standard InChI is InChI=1S/C18H22N2/c1-3-15-12-20(11-14-8-6-5-7-9-14)13-16-10-17(4-2)19-18(15)16/h3,5-10,15,19H,1,4,11-13H2,2H3/t15-/m0/s1. The molecule has 0 unspecified atom stereocenters. The maximum atomic E-state index is 4.01. The van der Waals surface area contributed by atoms with Gasteiger partial charge in [-0.15, -0.1) is 6.58 Å². The summed E-state index contributed by atoms with van der Waals surface area (Å²) in [5, 5.41) is 0. The molecule has 20 heavy (non-hydrogen) atoms. The molecule has 0 saturated carbocycles. The van der Waals surface area contributed by atoms with Crippen LogP contribution in [0.1, 0.15) is 35.4 Å². The summed E-state index contributed by atoms with van der Waals surface area (Å²) < 4.78 is 0. The van der Waals surface area contributed by atoms with E-state index < -0.39 is 0 Å². The van der Waals surface area contributed by atoms with Gasteiger partial charge in [-0.1, -0.05) is 43.3 Å². The molecule has 1 aliphatic heterocycles. The molecule has 2 nitrogen and oxygen atoms in total. The van der Waals surface area contributed by atoms with Crippen molar-refractivity contribution in [3.8, 4) is 0 Å². The first kappa shape index (κ1) is 13.2. The molecule has 0 radical (unpaired) electrons. The van der Waals surface area contributed by atoms with Crippen molar-refractivity contribution in [2.24, 2.45) is 0 Å². The van der Waals surface area contributed by atoms with Gasteiger partial charge in [0, 0.05) is 36.9 Å². The van der Waals surface area contributed by atoms with Crippen LogP contribution in [-0.2, 0) is 19.5 Å². The van der Waals surface area contributed by atoms with Crippen LogP contribution in [0.2, 0.25) is 0 Å². The Morgan fingerprint density at radius 1 is 1.35 bits per heavy atom. The van der Waals surface area contributed by atoms with Gasteiger partial charge < -0.3 is 4.98 Å². The first-order valence-corrected chi connectivity index (χ1v) is 7.39. The molecular weight excluding hydrogens is 244 g/mol. The molecular formula is C18H22N2. The summed E-state index contributed by atoms with van der Waals surface area (Å²) in [6, 6.07) is 13.0. The Morgan fingerprint density at radius 2 is 2.15 bits per heavy atom. The van der Waals surface area contributed by atoms with Crippen LogP contribution >= 0.6 is 0 Å². The van der Waals surface area contributed by atoms with E-state index in [2.05, 4.69) is 65.9 Å². The summed E-state index contributed by atoms with van der Waals surface area (Å²) in [5.74, 6) is 0.419. The van der Waals surface area contributed by atoms with Crippen molar-refractivity contribution in [2.75, 3.05) is 6.54 Å². The van der Waals surface area contributed by atoms with Gasteiger partial charge in [-0.3, -0.25) is 4.90 Å². The second kappa shape index (κ2) is 5.68. The fraction of sp³-hybridized carbons (Fsp3) is 0.333. The molecule has 3 rings (SSSR count). The minimum atomic E-state index is 0.419. The van der Waals surface area contributed by atoms with Gasteiger partial charge in [-0.05, 0) is 23.6 Å². The third-order valence-corrected chi connectivity index (χ3v) is 4.12. The number of aryl methyl sites for hydroxylation is 1. The normalized spacial score (nSPS) is 18.8. The highest BCUT2D eigenvalue weighted by molar-refractivity contribution is 5.34. The molecule has 1 aromatic carbocycles. The molecule has 1 atom stereocenters. The van der Waals surface area contributed by atoms with Gasteiger partial charge in [-0.2, -0.15) is 0 Å². The third-order valence-electron chi connectivity index (χ3n) is 4.12. The second-order valence-electron chi connectivity index (χ2n) is 5.58. The van der Waals surface area contributed by atoms with E-state index in [0.717, 1.165) is 26.1 Å². The van der Waals surface area contributed by atoms with E-state index in [4.69, 9.17) is 0 Å². The maximum Gasteiger partial charge on any atom is 0.0298 e. The first-order chi connectivity index (χ1) is 9.80. The molecule has 0 bridgehead atoms. The van der Waals surface area contributed by atoms with Crippen LogP contribution in [0.3, 0.4) is 0 Å². The van der Waals surface area contributed by atoms with Crippen molar-refractivity contribution in [3.63, 3.8) is 0 Å². The van der Waals surface area contributed by atoms with Crippen LogP contribution in [0.15, 0.2) is 49.1 Å². The Hall–Kier alpha value is -1.80. The zero-order chi connectivity index (χ0) is 13.9. The van der Waals surface area contributed by atoms with Crippen LogP contribution in [-0.4, -0.2) is 16.4 Å². The van der Waals surface area contributed by atoms with Gasteiger partial charge in [0.2, 0.25) is 0 Å². The summed E-state index contributed by atoms with van der Waals surface area (Å²) in [5.41, 5.74) is 5.53. The minimum absolute atomic E-state index is 0.419. The number of hydrogen-bond donors (Lipinski definition) is 1. The van der Waals surface area contributed by atoms with Gasteiger partial charge in [-0.25, -0.2) is 0 Å². The van der Waals surface area contributed by atoms with E-state index >= 15 is 0 Å².